The van der Waals surface area contributed by atoms with Gasteiger partial charge in [0.05, 0.1) is 31.5 Å². The second-order valence-corrected chi connectivity index (χ2v) is 7.32. The number of carbonyl (C=O) groups is 2. The number of rotatable bonds is 7. The number of nitrogens with zero attached hydrogens (tertiary/aromatic N) is 1. The van der Waals surface area contributed by atoms with E-state index in [0.717, 1.165) is 22.7 Å². The SMILES string of the molecule is COc1ccc(CC(=O)OCCCN2C(=O)C(C)(C)Nc3ccccc32)cc1. The molecule has 0 fully saturated rings. The minimum atomic E-state index is -0.667. The Morgan fingerprint density at radius 3 is 2.54 bits per heavy atom. The summed E-state index contributed by atoms with van der Waals surface area (Å²) < 4.78 is 10.5. The lowest BCUT2D eigenvalue weighted by Gasteiger charge is -2.40. The molecule has 0 radical (unpaired) electrons. The summed E-state index contributed by atoms with van der Waals surface area (Å²) in [6, 6.07) is 15.1. The van der Waals surface area contributed by atoms with E-state index in [4.69, 9.17) is 9.47 Å². The number of fused-ring (bicyclic) bond motifs is 1. The molecule has 1 heterocycles. The molecular weight excluding hydrogens is 356 g/mol. The van der Waals surface area contributed by atoms with Crippen molar-refractivity contribution in [2.45, 2.75) is 32.2 Å². The monoisotopic (exact) mass is 382 g/mol. The zero-order chi connectivity index (χ0) is 20.1. The topological polar surface area (TPSA) is 67.9 Å². The molecule has 0 aromatic heterocycles. The largest absolute Gasteiger partial charge is 0.497 e. The molecule has 0 aliphatic carbocycles. The van der Waals surface area contributed by atoms with Crippen LogP contribution in [0.25, 0.3) is 0 Å². The van der Waals surface area contributed by atoms with Gasteiger partial charge < -0.3 is 19.7 Å². The van der Waals surface area contributed by atoms with Crippen LogP contribution in [0, 0.1) is 0 Å². The maximum absolute atomic E-state index is 12.8. The first-order valence-electron chi connectivity index (χ1n) is 9.38. The summed E-state index contributed by atoms with van der Waals surface area (Å²) in [7, 11) is 1.60. The molecule has 0 saturated carbocycles. The van der Waals surface area contributed by atoms with Crippen LogP contribution in [0.3, 0.4) is 0 Å². The molecule has 1 aliphatic rings. The predicted molar refractivity (Wildman–Crippen MR) is 109 cm³/mol. The Bertz CT molecular complexity index is 846. The summed E-state index contributed by atoms with van der Waals surface area (Å²) in [6.45, 7) is 4.51. The molecule has 6 nitrogen and oxygen atoms in total. The molecule has 28 heavy (non-hydrogen) atoms. The van der Waals surface area contributed by atoms with Gasteiger partial charge in [0.25, 0.3) is 5.91 Å². The lowest BCUT2D eigenvalue weighted by molar-refractivity contribution is -0.142. The van der Waals surface area contributed by atoms with Crippen LogP contribution in [0.15, 0.2) is 48.5 Å². The predicted octanol–water partition coefficient (Wildman–Crippen LogP) is 3.41. The van der Waals surface area contributed by atoms with E-state index in [2.05, 4.69) is 5.32 Å². The first-order chi connectivity index (χ1) is 13.4. The second kappa shape index (κ2) is 8.33. The zero-order valence-corrected chi connectivity index (χ0v) is 16.5. The lowest BCUT2D eigenvalue weighted by atomic mass is 9.98. The fourth-order valence-electron chi connectivity index (χ4n) is 3.24. The number of amides is 1. The highest BCUT2D eigenvalue weighted by atomic mass is 16.5. The van der Waals surface area contributed by atoms with E-state index in [1.807, 2.05) is 62.4 Å². The normalized spacial score (nSPS) is 14.8. The van der Waals surface area contributed by atoms with Gasteiger partial charge in [-0.3, -0.25) is 9.59 Å². The van der Waals surface area contributed by atoms with E-state index in [1.165, 1.54) is 0 Å². The Morgan fingerprint density at radius 1 is 1.11 bits per heavy atom. The zero-order valence-electron chi connectivity index (χ0n) is 16.5. The van der Waals surface area contributed by atoms with Gasteiger partial charge in [0.1, 0.15) is 11.3 Å². The quantitative estimate of drug-likeness (QED) is 0.587. The number of anilines is 2. The number of ether oxygens (including phenoxy) is 2. The van der Waals surface area contributed by atoms with Crippen molar-refractivity contribution in [2.24, 2.45) is 0 Å². The number of para-hydroxylation sites is 2. The first-order valence-corrected chi connectivity index (χ1v) is 9.38. The highest BCUT2D eigenvalue weighted by Crippen LogP contribution is 2.34. The van der Waals surface area contributed by atoms with Crippen LogP contribution in [0.1, 0.15) is 25.8 Å². The average molecular weight is 382 g/mol. The standard InChI is InChI=1S/C22H26N2O4/c1-22(2)21(26)24(19-8-5-4-7-18(19)23-22)13-6-14-28-20(25)15-16-9-11-17(27-3)12-10-16/h4-5,7-12,23H,6,13-15H2,1-3H3. The van der Waals surface area contributed by atoms with Gasteiger partial charge in [0, 0.05) is 6.54 Å². The van der Waals surface area contributed by atoms with Crippen molar-refractivity contribution in [3.05, 3.63) is 54.1 Å². The highest BCUT2D eigenvalue weighted by Gasteiger charge is 2.38. The Labute approximate surface area is 165 Å². The molecule has 1 amide bonds. The van der Waals surface area contributed by atoms with Gasteiger partial charge in [-0.2, -0.15) is 0 Å². The minimum absolute atomic E-state index is 0.00996. The van der Waals surface area contributed by atoms with Crippen LogP contribution in [-0.2, 0) is 20.7 Å². The van der Waals surface area contributed by atoms with E-state index in [0.29, 0.717) is 13.0 Å². The maximum Gasteiger partial charge on any atom is 0.310 e. The minimum Gasteiger partial charge on any atom is -0.497 e. The first kappa shape index (κ1) is 19.7. The van der Waals surface area contributed by atoms with Crippen molar-refractivity contribution in [1.82, 2.24) is 0 Å². The Morgan fingerprint density at radius 2 is 1.82 bits per heavy atom. The Balaban J connectivity index is 1.51. The van der Waals surface area contributed by atoms with Crippen molar-refractivity contribution in [2.75, 3.05) is 30.5 Å². The molecule has 0 bridgehead atoms. The molecule has 0 atom stereocenters. The van der Waals surface area contributed by atoms with Crippen LogP contribution in [0.2, 0.25) is 0 Å². The smallest absolute Gasteiger partial charge is 0.310 e. The Kier molecular flexibility index (Phi) is 5.87. The van der Waals surface area contributed by atoms with E-state index in [9.17, 15) is 9.59 Å². The fourth-order valence-corrected chi connectivity index (χ4v) is 3.24. The molecule has 0 unspecified atom stereocenters. The van der Waals surface area contributed by atoms with Crippen molar-refractivity contribution in [3.8, 4) is 5.75 Å². The van der Waals surface area contributed by atoms with Crippen LogP contribution < -0.4 is 15.0 Å². The van der Waals surface area contributed by atoms with E-state index < -0.39 is 5.54 Å². The van der Waals surface area contributed by atoms with Crippen LogP contribution in [0.5, 0.6) is 5.75 Å². The number of benzene rings is 2. The maximum atomic E-state index is 12.8. The van der Waals surface area contributed by atoms with Crippen LogP contribution in [0.4, 0.5) is 11.4 Å². The van der Waals surface area contributed by atoms with E-state index in [-0.39, 0.29) is 24.9 Å². The number of hydrogen-bond donors (Lipinski definition) is 1. The van der Waals surface area contributed by atoms with Gasteiger partial charge in [0.2, 0.25) is 0 Å². The lowest BCUT2D eigenvalue weighted by Crippen LogP contribution is -2.54. The molecule has 2 aromatic rings. The summed E-state index contributed by atoms with van der Waals surface area (Å²) in [5.41, 5.74) is 2.00. The van der Waals surface area contributed by atoms with Crippen molar-refractivity contribution in [3.63, 3.8) is 0 Å². The highest BCUT2D eigenvalue weighted by molar-refractivity contribution is 6.07. The molecule has 148 valence electrons. The molecule has 6 heteroatoms. The number of carbonyl (C=O) groups excluding carboxylic acids is 2. The second-order valence-electron chi connectivity index (χ2n) is 7.32. The van der Waals surface area contributed by atoms with E-state index in [1.54, 1.807) is 12.0 Å². The Hall–Kier alpha value is -3.02. The molecule has 0 spiro atoms. The van der Waals surface area contributed by atoms with Gasteiger partial charge >= 0.3 is 5.97 Å². The van der Waals surface area contributed by atoms with Crippen LogP contribution in [-0.4, -0.2) is 37.7 Å². The van der Waals surface area contributed by atoms with Crippen molar-refractivity contribution >= 4 is 23.3 Å². The molecule has 0 saturated heterocycles. The summed E-state index contributed by atoms with van der Waals surface area (Å²) in [5.74, 6) is 0.481. The third kappa shape index (κ3) is 4.44. The molecule has 3 rings (SSSR count). The molecule has 1 N–H and O–H groups in total. The summed E-state index contributed by atoms with van der Waals surface area (Å²) in [6.07, 6.45) is 0.789. The number of methoxy groups -OCH3 is 1. The molecular formula is C22H26N2O4. The van der Waals surface area contributed by atoms with E-state index >= 15 is 0 Å². The summed E-state index contributed by atoms with van der Waals surface area (Å²) >= 11 is 0. The molecule has 1 aliphatic heterocycles. The number of hydrogen-bond acceptors (Lipinski definition) is 5. The summed E-state index contributed by atoms with van der Waals surface area (Å²) in [4.78, 5) is 26.6. The van der Waals surface area contributed by atoms with Crippen molar-refractivity contribution in [1.29, 1.82) is 0 Å². The van der Waals surface area contributed by atoms with Gasteiger partial charge in [-0.25, -0.2) is 0 Å². The van der Waals surface area contributed by atoms with Crippen LogP contribution >= 0.6 is 0 Å². The van der Waals surface area contributed by atoms with Crippen molar-refractivity contribution < 1.29 is 19.1 Å². The van der Waals surface area contributed by atoms with Gasteiger partial charge in [-0.05, 0) is 50.1 Å². The third-order valence-corrected chi connectivity index (χ3v) is 4.72. The van der Waals surface area contributed by atoms with Gasteiger partial charge in [-0.15, -0.1) is 0 Å². The molecule has 2 aromatic carbocycles. The van der Waals surface area contributed by atoms with Gasteiger partial charge in [0.15, 0.2) is 0 Å². The van der Waals surface area contributed by atoms with Gasteiger partial charge in [-0.1, -0.05) is 24.3 Å². The number of esters is 1. The summed E-state index contributed by atoms with van der Waals surface area (Å²) in [5, 5.41) is 3.27. The average Bonchev–Trinajstić information content (AvgIpc) is 2.68. The third-order valence-electron chi connectivity index (χ3n) is 4.72. The fraction of sp³-hybridized carbons (Fsp3) is 0.364. The number of nitrogens with one attached hydrogen (secondary N) is 1.